The molecule has 3 aromatic carbocycles. The van der Waals surface area contributed by atoms with Gasteiger partial charge in [-0.15, -0.1) is 0 Å². The van der Waals surface area contributed by atoms with Gasteiger partial charge < -0.3 is 15.0 Å². The van der Waals surface area contributed by atoms with Crippen LogP contribution in [0, 0.1) is 6.92 Å². The highest BCUT2D eigenvalue weighted by Gasteiger charge is 2.31. The molecule has 3 rings (SSSR count). The van der Waals surface area contributed by atoms with Crippen molar-refractivity contribution < 1.29 is 14.3 Å². The molecule has 0 aliphatic heterocycles. The van der Waals surface area contributed by atoms with Crippen molar-refractivity contribution in [3.05, 3.63) is 102 Å². The number of ether oxygens (including phenoxy) is 1. The molecule has 2 amide bonds. The van der Waals surface area contributed by atoms with E-state index in [9.17, 15) is 9.59 Å². The van der Waals surface area contributed by atoms with Crippen molar-refractivity contribution in [3.63, 3.8) is 0 Å². The third-order valence-corrected chi connectivity index (χ3v) is 5.34. The second-order valence-electron chi connectivity index (χ2n) is 8.43. The molecule has 0 unspecified atom stereocenters. The second-order valence-corrected chi connectivity index (χ2v) is 8.43. The molecule has 5 nitrogen and oxygen atoms in total. The summed E-state index contributed by atoms with van der Waals surface area (Å²) in [6.07, 6.45) is 0.419. The third kappa shape index (κ3) is 7.21. The lowest BCUT2D eigenvalue weighted by Gasteiger charge is -2.32. The zero-order chi connectivity index (χ0) is 23.6. The Bertz CT molecular complexity index is 1040. The van der Waals surface area contributed by atoms with Gasteiger partial charge in [0.05, 0.1) is 0 Å². The summed E-state index contributed by atoms with van der Waals surface area (Å²) in [4.78, 5) is 28.4. The highest BCUT2D eigenvalue weighted by atomic mass is 16.5. The monoisotopic (exact) mass is 444 g/mol. The molecule has 0 saturated heterocycles. The second kappa shape index (κ2) is 11.9. The van der Waals surface area contributed by atoms with Crippen LogP contribution in [0.1, 0.15) is 30.5 Å². The highest BCUT2D eigenvalue weighted by Crippen LogP contribution is 2.18. The van der Waals surface area contributed by atoms with Crippen LogP contribution in [0.5, 0.6) is 5.75 Å². The Balaban J connectivity index is 1.89. The number of aryl methyl sites for hydroxylation is 1. The van der Waals surface area contributed by atoms with Crippen molar-refractivity contribution in [2.45, 2.75) is 45.8 Å². The van der Waals surface area contributed by atoms with Crippen molar-refractivity contribution >= 4 is 11.8 Å². The third-order valence-electron chi connectivity index (χ3n) is 5.34. The maximum Gasteiger partial charge on any atom is 0.261 e. The van der Waals surface area contributed by atoms with Gasteiger partial charge in [-0.3, -0.25) is 9.59 Å². The van der Waals surface area contributed by atoms with Gasteiger partial charge in [-0.2, -0.15) is 0 Å². The van der Waals surface area contributed by atoms with E-state index in [1.54, 1.807) is 4.90 Å². The van der Waals surface area contributed by atoms with E-state index in [4.69, 9.17) is 4.74 Å². The fourth-order valence-corrected chi connectivity index (χ4v) is 3.66. The molecule has 0 fully saturated rings. The lowest BCUT2D eigenvalue weighted by molar-refractivity contribution is -0.143. The van der Waals surface area contributed by atoms with Crippen LogP contribution >= 0.6 is 0 Å². The molecule has 0 radical (unpaired) electrons. The lowest BCUT2D eigenvalue weighted by atomic mass is 10.0. The lowest BCUT2D eigenvalue weighted by Crippen LogP contribution is -2.52. The molecule has 0 aromatic heterocycles. The molecular formula is C28H32N2O3. The molecule has 0 saturated carbocycles. The van der Waals surface area contributed by atoms with E-state index in [0.717, 1.165) is 16.7 Å². The topological polar surface area (TPSA) is 58.6 Å². The largest absolute Gasteiger partial charge is 0.484 e. The van der Waals surface area contributed by atoms with Gasteiger partial charge in [0, 0.05) is 19.0 Å². The predicted molar refractivity (Wildman–Crippen MR) is 131 cm³/mol. The van der Waals surface area contributed by atoms with Gasteiger partial charge in [-0.25, -0.2) is 0 Å². The standard InChI is InChI=1S/C28H32N2O3/c1-21(2)29-28(32)25(18-23-13-6-4-7-14-23)30(19-24-15-8-5-9-16-24)27(31)20-33-26-17-11-10-12-22(26)3/h4-17,21,25H,18-20H2,1-3H3,(H,29,32)/t25-/m1/s1. The molecule has 0 aliphatic carbocycles. The summed E-state index contributed by atoms with van der Waals surface area (Å²) in [5, 5.41) is 2.99. The zero-order valence-electron chi connectivity index (χ0n) is 19.5. The Hall–Kier alpha value is -3.60. The number of rotatable bonds is 10. The smallest absolute Gasteiger partial charge is 0.261 e. The Morgan fingerprint density at radius 2 is 1.42 bits per heavy atom. The van der Waals surface area contributed by atoms with Crippen LogP contribution in [0.3, 0.4) is 0 Å². The van der Waals surface area contributed by atoms with E-state index in [2.05, 4.69) is 5.32 Å². The molecular weight excluding hydrogens is 412 g/mol. The summed E-state index contributed by atoms with van der Waals surface area (Å²) in [5.74, 6) is 0.257. The summed E-state index contributed by atoms with van der Waals surface area (Å²) in [6, 6.07) is 26.4. The molecule has 5 heteroatoms. The summed E-state index contributed by atoms with van der Waals surface area (Å²) < 4.78 is 5.86. The summed E-state index contributed by atoms with van der Waals surface area (Å²) in [5.41, 5.74) is 2.91. The molecule has 0 bridgehead atoms. The molecule has 172 valence electrons. The molecule has 3 aromatic rings. The summed E-state index contributed by atoms with van der Waals surface area (Å²) >= 11 is 0. The fraction of sp³-hybridized carbons (Fsp3) is 0.286. The van der Waals surface area contributed by atoms with Crippen LogP contribution in [0.4, 0.5) is 0 Å². The predicted octanol–water partition coefficient (Wildman–Crippen LogP) is 4.54. The van der Waals surface area contributed by atoms with Crippen LogP contribution in [0.25, 0.3) is 0 Å². The first kappa shape index (κ1) is 24.1. The SMILES string of the molecule is Cc1ccccc1OCC(=O)N(Cc1ccccc1)[C@H](Cc1ccccc1)C(=O)NC(C)C. The molecule has 0 spiro atoms. The van der Waals surface area contributed by atoms with E-state index in [1.807, 2.05) is 106 Å². The maximum absolute atomic E-state index is 13.5. The van der Waals surface area contributed by atoms with Gasteiger partial charge in [-0.1, -0.05) is 78.9 Å². The Morgan fingerprint density at radius 3 is 2.03 bits per heavy atom. The number of benzene rings is 3. The van der Waals surface area contributed by atoms with Crippen LogP contribution in [-0.4, -0.2) is 35.4 Å². The Kier molecular flexibility index (Phi) is 8.64. The summed E-state index contributed by atoms with van der Waals surface area (Å²) in [7, 11) is 0. The van der Waals surface area contributed by atoms with E-state index < -0.39 is 6.04 Å². The first-order chi connectivity index (χ1) is 15.9. The van der Waals surface area contributed by atoms with Crippen molar-refractivity contribution in [2.24, 2.45) is 0 Å². The average molecular weight is 445 g/mol. The summed E-state index contributed by atoms with van der Waals surface area (Å²) in [6.45, 7) is 5.96. The van der Waals surface area contributed by atoms with Gasteiger partial charge in [0.2, 0.25) is 5.91 Å². The number of hydrogen-bond acceptors (Lipinski definition) is 3. The average Bonchev–Trinajstić information content (AvgIpc) is 2.81. The molecule has 33 heavy (non-hydrogen) atoms. The number of nitrogens with one attached hydrogen (secondary N) is 1. The minimum absolute atomic E-state index is 0.0346. The normalized spacial score (nSPS) is 11.6. The quantitative estimate of drug-likeness (QED) is 0.500. The van der Waals surface area contributed by atoms with Crippen LogP contribution in [-0.2, 0) is 22.6 Å². The molecule has 0 aliphatic rings. The van der Waals surface area contributed by atoms with Crippen molar-refractivity contribution in [1.29, 1.82) is 0 Å². The number of amides is 2. The molecule has 1 N–H and O–H groups in total. The van der Waals surface area contributed by atoms with E-state index in [-0.39, 0.29) is 24.5 Å². The van der Waals surface area contributed by atoms with Gasteiger partial charge in [0.15, 0.2) is 6.61 Å². The van der Waals surface area contributed by atoms with E-state index >= 15 is 0 Å². The van der Waals surface area contributed by atoms with Gasteiger partial charge >= 0.3 is 0 Å². The number of carbonyl (C=O) groups is 2. The highest BCUT2D eigenvalue weighted by molar-refractivity contribution is 5.88. The first-order valence-corrected chi connectivity index (χ1v) is 11.3. The van der Waals surface area contributed by atoms with Crippen molar-refractivity contribution in [2.75, 3.05) is 6.61 Å². The van der Waals surface area contributed by atoms with Gasteiger partial charge in [-0.05, 0) is 43.5 Å². The van der Waals surface area contributed by atoms with Crippen LogP contribution < -0.4 is 10.1 Å². The van der Waals surface area contributed by atoms with E-state index in [1.165, 1.54) is 0 Å². The van der Waals surface area contributed by atoms with Crippen LogP contribution in [0.15, 0.2) is 84.9 Å². The van der Waals surface area contributed by atoms with E-state index in [0.29, 0.717) is 18.7 Å². The zero-order valence-corrected chi connectivity index (χ0v) is 19.5. The van der Waals surface area contributed by atoms with Crippen molar-refractivity contribution in [3.8, 4) is 5.75 Å². The molecule has 0 heterocycles. The maximum atomic E-state index is 13.5. The number of hydrogen-bond donors (Lipinski definition) is 1. The van der Waals surface area contributed by atoms with Crippen molar-refractivity contribution in [1.82, 2.24) is 10.2 Å². The first-order valence-electron chi connectivity index (χ1n) is 11.3. The number of nitrogens with zero attached hydrogens (tertiary/aromatic N) is 1. The Labute approximate surface area is 196 Å². The van der Waals surface area contributed by atoms with Crippen LogP contribution in [0.2, 0.25) is 0 Å². The number of carbonyl (C=O) groups excluding carboxylic acids is 2. The number of para-hydroxylation sites is 1. The van der Waals surface area contributed by atoms with Gasteiger partial charge in [0.1, 0.15) is 11.8 Å². The minimum Gasteiger partial charge on any atom is -0.484 e. The van der Waals surface area contributed by atoms with Gasteiger partial charge in [0.25, 0.3) is 5.91 Å². The Morgan fingerprint density at radius 1 is 0.848 bits per heavy atom. The molecule has 1 atom stereocenters. The minimum atomic E-state index is -0.664. The fourth-order valence-electron chi connectivity index (χ4n) is 3.66.